The average molecular weight is 373 g/mol. The van der Waals surface area contributed by atoms with E-state index in [1.54, 1.807) is 37.4 Å². The molecule has 0 saturated heterocycles. The zero-order valence-electron chi connectivity index (χ0n) is 16.0. The van der Waals surface area contributed by atoms with E-state index >= 15 is 0 Å². The van der Waals surface area contributed by atoms with Gasteiger partial charge in [0, 0.05) is 29.8 Å². The van der Waals surface area contributed by atoms with Gasteiger partial charge >= 0.3 is 5.97 Å². The Kier molecular flexibility index (Phi) is 6.65. The topological polar surface area (TPSA) is 83.1 Å². The molecule has 0 amide bonds. The molecular weight excluding hydrogens is 350 g/mol. The number of nitrogens with one attached hydrogen (secondary N) is 1. The molecule has 0 radical (unpaired) electrons. The molecule has 0 unspecified atom stereocenters. The van der Waals surface area contributed by atoms with Crippen LogP contribution in [0.15, 0.2) is 30.3 Å². The van der Waals surface area contributed by atoms with Gasteiger partial charge in [-0.15, -0.1) is 0 Å². The smallest absolute Gasteiger partial charge is 0.340 e. The fourth-order valence-electron chi connectivity index (χ4n) is 2.63. The van der Waals surface area contributed by atoms with Crippen LogP contribution in [0.1, 0.15) is 33.2 Å². The molecule has 0 saturated carbocycles. The second-order valence-corrected chi connectivity index (χ2v) is 5.68. The highest BCUT2D eigenvalue weighted by molar-refractivity contribution is 5.97. The van der Waals surface area contributed by atoms with Gasteiger partial charge in [0.15, 0.2) is 17.3 Å². The number of benzene rings is 2. The third-order valence-electron chi connectivity index (χ3n) is 4.09. The first-order valence-corrected chi connectivity index (χ1v) is 8.21. The first-order chi connectivity index (χ1) is 12.9. The molecule has 2 aromatic carbocycles. The van der Waals surface area contributed by atoms with Crippen LogP contribution in [0.5, 0.6) is 17.2 Å². The van der Waals surface area contributed by atoms with Crippen molar-refractivity contribution in [2.24, 2.45) is 0 Å². The second kappa shape index (κ2) is 8.93. The lowest BCUT2D eigenvalue weighted by atomic mass is 10.1. The van der Waals surface area contributed by atoms with Crippen LogP contribution in [0.3, 0.4) is 0 Å². The average Bonchev–Trinajstić information content (AvgIpc) is 2.70. The predicted octanol–water partition coefficient (Wildman–Crippen LogP) is 3.31. The van der Waals surface area contributed by atoms with E-state index < -0.39 is 5.97 Å². The second-order valence-electron chi connectivity index (χ2n) is 5.68. The van der Waals surface area contributed by atoms with Crippen molar-refractivity contribution in [2.45, 2.75) is 13.5 Å². The Hall–Kier alpha value is -3.22. The van der Waals surface area contributed by atoms with Crippen molar-refractivity contribution in [1.29, 1.82) is 0 Å². The number of carbonyl (C=O) groups is 2. The van der Waals surface area contributed by atoms with E-state index in [1.165, 1.54) is 28.3 Å². The highest BCUT2D eigenvalue weighted by Crippen LogP contribution is 2.34. The lowest BCUT2D eigenvalue weighted by Gasteiger charge is -2.16. The standard InChI is InChI=1S/C20H23NO6/c1-12(22)13-6-7-17(24-2)14(8-13)11-21-16-10-19(26-4)18(25-3)9-15(16)20(23)27-5/h6-10,21H,11H2,1-5H3. The van der Waals surface area contributed by atoms with Crippen LogP contribution in [0.4, 0.5) is 5.69 Å². The van der Waals surface area contributed by atoms with E-state index in [9.17, 15) is 9.59 Å². The van der Waals surface area contributed by atoms with Crippen molar-refractivity contribution in [2.75, 3.05) is 33.8 Å². The molecule has 0 atom stereocenters. The van der Waals surface area contributed by atoms with E-state index in [0.717, 1.165) is 5.56 Å². The van der Waals surface area contributed by atoms with Crippen LogP contribution < -0.4 is 19.5 Å². The molecule has 0 aliphatic carbocycles. The maximum Gasteiger partial charge on any atom is 0.340 e. The van der Waals surface area contributed by atoms with Gasteiger partial charge in [0.1, 0.15) is 5.75 Å². The highest BCUT2D eigenvalue weighted by atomic mass is 16.5. The largest absolute Gasteiger partial charge is 0.496 e. The lowest BCUT2D eigenvalue weighted by molar-refractivity contribution is 0.0601. The Morgan fingerprint density at radius 2 is 1.52 bits per heavy atom. The van der Waals surface area contributed by atoms with Gasteiger partial charge < -0.3 is 24.3 Å². The van der Waals surface area contributed by atoms with Crippen molar-refractivity contribution in [1.82, 2.24) is 0 Å². The summed E-state index contributed by atoms with van der Waals surface area (Å²) in [7, 11) is 5.87. The molecule has 2 aromatic rings. The highest BCUT2D eigenvalue weighted by Gasteiger charge is 2.18. The van der Waals surface area contributed by atoms with Gasteiger partial charge in [0.2, 0.25) is 0 Å². The molecule has 27 heavy (non-hydrogen) atoms. The molecule has 0 spiro atoms. The van der Waals surface area contributed by atoms with Crippen LogP contribution in [0.25, 0.3) is 0 Å². The monoisotopic (exact) mass is 373 g/mol. The van der Waals surface area contributed by atoms with E-state index in [1.807, 2.05) is 0 Å². The molecule has 1 N–H and O–H groups in total. The minimum atomic E-state index is -0.511. The number of methoxy groups -OCH3 is 4. The Morgan fingerprint density at radius 1 is 0.889 bits per heavy atom. The molecule has 0 aromatic heterocycles. The van der Waals surface area contributed by atoms with Crippen LogP contribution in [0, 0.1) is 0 Å². The van der Waals surface area contributed by atoms with Gasteiger partial charge in [0.05, 0.1) is 39.7 Å². The van der Waals surface area contributed by atoms with Gasteiger partial charge in [0.25, 0.3) is 0 Å². The van der Waals surface area contributed by atoms with Gasteiger partial charge in [-0.25, -0.2) is 4.79 Å². The fourth-order valence-corrected chi connectivity index (χ4v) is 2.63. The summed E-state index contributed by atoms with van der Waals surface area (Å²) in [5.41, 5.74) is 2.16. The zero-order valence-corrected chi connectivity index (χ0v) is 16.0. The molecular formula is C20H23NO6. The molecule has 0 aliphatic heterocycles. The van der Waals surface area contributed by atoms with Gasteiger partial charge in [-0.2, -0.15) is 0 Å². The number of anilines is 1. The number of ether oxygens (including phenoxy) is 4. The van der Waals surface area contributed by atoms with E-state index in [0.29, 0.717) is 40.6 Å². The molecule has 2 rings (SSSR count). The first-order valence-electron chi connectivity index (χ1n) is 8.21. The van der Waals surface area contributed by atoms with Crippen molar-refractivity contribution in [3.63, 3.8) is 0 Å². The number of rotatable bonds is 8. The van der Waals surface area contributed by atoms with E-state index in [-0.39, 0.29) is 5.78 Å². The van der Waals surface area contributed by atoms with Crippen molar-refractivity contribution in [3.05, 3.63) is 47.0 Å². The predicted molar refractivity (Wildman–Crippen MR) is 101 cm³/mol. The number of hydrogen-bond donors (Lipinski definition) is 1. The molecule has 7 nitrogen and oxygen atoms in total. The maximum absolute atomic E-state index is 12.2. The normalized spacial score (nSPS) is 10.1. The van der Waals surface area contributed by atoms with Gasteiger partial charge in [-0.3, -0.25) is 4.79 Å². The zero-order chi connectivity index (χ0) is 20.0. The summed E-state index contributed by atoms with van der Waals surface area (Å²) in [6, 6.07) is 8.42. The van der Waals surface area contributed by atoms with Crippen molar-refractivity contribution < 1.29 is 28.5 Å². The summed E-state index contributed by atoms with van der Waals surface area (Å²) >= 11 is 0. The van der Waals surface area contributed by atoms with E-state index in [2.05, 4.69) is 5.32 Å². The van der Waals surface area contributed by atoms with E-state index in [4.69, 9.17) is 18.9 Å². The summed E-state index contributed by atoms with van der Waals surface area (Å²) in [5.74, 6) is 0.965. The summed E-state index contributed by atoms with van der Waals surface area (Å²) in [5, 5.41) is 3.18. The Bertz CT molecular complexity index is 847. The van der Waals surface area contributed by atoms with Crippen molar-refractivity contribution in [3.8, 4) is 17.2 Å². The summed E-state index contributed by atoms with van der Waals surface area (Å²) in [6.45, 7) is 1.83. The summed E-state index contributed by atoms with van der Waals surface area (Å²) in [4.78, 5) is 23.8. The minimum absolute atomic E-state index is 0.0414. The summed E-state index contributed by atoms with van der Waals surface area (Å²) in [6.07, 6.45) is 0. The van der Waals surface area contributed by atoms with Crippen LogP contribution in [-0.2, 0) is 11.3 Å². The van der Waals surface area contributed by atoms with Crippen LogP contribution >= 0.6 is 0 Å². The summed E-state index contributed by atoms with van der Waals surface area (Å²) < 4.78 is 20.8. The Morgan fingerprint density at radius 3 is 2.07 bits per heavy atom. The minimum Gasteiger partial charge on any atom is -0.496 e. The maximum atomic E-state index is 12.2. The lowest BCUT2D eigenvalue weighted by Crippen LogP contribution is -2.10. The number of esters is 1. The molecule has 0 bridgehead atoms. The fraction of sp³-hybridized carbons (Fsp3) is 0.300. The number of hydrogen-bond acceptors (Lipinski definition) is 7. The van der Waals surface area contributed by atoms with Crippen LogP contribution in [0.2, 0.25) is 0 Å². The molecule has 144 valence electrons. The molecule has 7 heteroatoms. The SMILES string of the molecule is COC(=O)c1cc(OC)c(OC)cc1NCc1cc(C(C)=O)ccc1OC. The Labute approximate surface area is 158 Å². The molecule has 0 aliphatic rings. The van der Waals surface area contributed by atoms with Crippen molar-refractivity contribution >= 4 is 17.4 Å². The van der Waals surface area contributed by atoms with Gasteiger partial charge in [-0.05, 0) is 25.1 Å². The number of carbonyl (C=O) groups excluding carboxylic acids is 2. The number of Topliss-reactive ketones (excluding diaryl/α,β-unsaturated/α-hetero) is 1. The number of ketones is 1. The van der Waals surface area contributed by atoms with Crippen LogP contribution in [-0.4, -0.2) is 40.2 Å². The third kappa shape index (κ3) is 4.49. The third-order valence-corrected chi connectivity index (χ3v) is 4.09. The Balaban J connectivity index is 2.41. The van der Waals surface area contributed by atoms with Gasteiger partial charge in [-0.1, -0.05) is 0 Å². The molecule has 0 heterocycles. The first kappa shape index (κ1) is 20.1. The molecule has 0 fully saturated rings. The quantitative estimate of drug-likeness (QED) is 0.561.